The summed E-state index contributed by atoms with van der Waals surface area (Å²) in [6.07, 6.45) is 6.38. The predicted octanol–water partition coefficient (Wildman–Crippen LogP) is 3.67. The Bertz CT molecular complexity index is 966. The Hall–Kier alpha value is -3.22. The van der Waals surface area contributed by atoms with Gasteiger partial charge in [0.2, 0.25) is 0 Å². The summed E-state index contributed by atoms with van der Waals surface area (Å²) < 4.78 is 13.0. The number of furan rings is 2. The molecule has 0 aliphatic heterocycles. The SMILES string of the molecule is CCCN(Cc1cccn1Cc1ccc(C(=O)NC2CC2)o1)C(=O)c1ccco1. The molecule has 7 nitrogen and oxygen atoms in total. The van der Waals surface area contributed by atoms with Gasteiger partial charge in [-0.1, -0.05) is 6.92 Å². The highest BCUT2D eigenvalue weighted by molar-refractivity contribution is 5.92. The van der Waals surface area contributed by atoms with Gasteiger partial charge in [-0.15, -0.1) is 0 Å². The molecule has 2 amide bonds. The van der Waals surface area contributed by atoms with Crippen LogP contribution in [-0.4, -0.2) is 33.9 Å². The van der Waals surface area contributed by atoms with Crippen molar-refractivity contribution in [1.29, 1.82) is 0 Å². The molecule has 1 aliphatic rings. The molecular formula is C22H25N3O4. The Morgan fingerprint density at radius 1 is 1.17 bits per heavy atom. The maximum atomic E-state index is 12.7. The monoisotopic (exact) mass is 395 g/mol. The molecule has 7 heteroatoms. The van der Waals surface area contributed by atoms with E-state index in [1.807, 2.05) is 35.9 Å². The number of hydrogen-bond donors (Lipinski definition) is 1. The fourth-order valence-electron chi connectivity index (χ4n) is 3.26. The summed E-state index contributed by atoms with van der Waals surface area (Å²) in [4.78, 5) is 26.6. The van der Waals surface area contributed by atoms with Crippen LogP contribution in [0, 0.1) is 0 Å². The van der Waals surface area contributed by atoms with Crippen molar-refractivity contribution in [2.75, 3.05) is 6.54 Å². The first kappa shape index (κ1) is 19.1. The topological polar surface area (TPSA) is 80.6 Å². The van der Waals surface area contributed by atoms with Crippen LogP contribution in [0.3, 0.4) is 0 Å². The lowest BCUT2D eigenvalue weighted by atomic mass is 10.3. The van der Waals surface area contributed by atoms with Gasteiger partial charge in [0.1, 0.15) is 5.76 Å². The fraction of sp³-hybridized carbons (Fsp3) is 0.364. The number of carbonyl (C=O) groups is 2. The number of nitrogens with zero attached hydrogens (tertiary/aromatic N) is 2. The van der Waals surface area contributed by atoms with Crippen LogP contribution in [-0.2, 0) is 13.1 Å². The van der Waals surface area contributed by atoms with Crippen molar-refractivity contribution < 1.29 is 18.4 Å². The third kappa shape index (κ3) is 4.62. The molecule has 0 saturated heterocycles. The molecule has 3 aromatic heterocycles. The van der Waals surface area contributed by atoms with E-state index in [4.69, 9.17) is 8.83 Å². The normalized spacial score (nSPS) is 13.4. The molecular weight excluding hydrogens is 370 g/mol. The molecule has 3 heterocycles. The molecule has 1 saturated carbocycles. The van der Waals surface area contributed by atoms with Gasteiger partial charge in [0.25, 0.3) is 11.8 Å². The molecule has 0 radical (unpaired) electrons. The number of nitrogens with one attached hydrogen (secondary N) is 1. The smallest absolute Gasteiger partial charge is 0.289 e. The first-order chi connectivity index (χ1) is 14.1. The van der Waals surface area contributed by atoms with Crippen LogP contribution in [0.1, 0.15) is 58.7 Å². The molecule has 0 spiro atoms. The maximum Gasteiger partial charge on any atom is 0.289 e. The summed E-state index contributed by atoms with van der Waals surface area (Å²) >= 11 is 0. The molecule has 1 fully saturated rings. The van der Waals surface area contributed by atoms with Gasteiger partial charge in [0.15, 0.2) is 11.5 Å². The summed E-state index contributed by atoms with van der Waals surface area (Å²) in [7, 11) is 0. The van der Waals surface area contributed by atoms with Gasteiger partial charge >= 0.3 is 0 Å². The molecule has 4 rings (SSSR count). The Morgan fingerprint density at radius 2 is 2.03 bits per heavy atom. The van der Waals surface area contributed by atoms with Gasteiger partial charge in [-0.3, -0.25) is 9.59 Å². The van der Waals surface area contributed by atoms with Crippen LogP contribution in [0.15, 0.2) is 57.7 Å². The number of amides is 2. The number of aromatic nitrogens is 1. The third-order valence-corrected chi connectivity index (χ3v) is 4.91. The van der Waals surface area contributed by atoms with E-state index in [9.17, 15) is 9.59 Å². The maximum absolute atomic E-state index is 12.7. The highest BCUT2D eigenvalue weighted by Gasteiger charge is 2.25. The molecule has 3 aromatic rings. The molecule has 0 unspecified atom stereocenters. The quantitative estimate of drug-likeness (QED) is 0.599. The molecule has 0 atom stereocenters. The van der Waals surface area contributed by atoms with Crippen LogP contribution >= 0.6 is 0 Å². The van der Waals surface area contributed by atoms with Crippen molar-refractivity contribution in [2.24, 2.45) is 0 Å². The molecule has 0 aromatic carbocycles. The van der Waals surface area contributed by atoms with E-state index in [-0.39, 0.29) is 11.8 Å². The lowest BCUT2D eigenvalue weighted by Gasteiger charge is -2.22. The van der Waals surface area contributed by atoms with E-state index in [1.165, 1.54) is 6.26 Å². The molecule has 0 bridgehead atoms. The Labute approximate surface area is 169 Å². The van der Waals surface area contributed by atoms with E-state index in [1.54, 1.807) is 23.1 Å². The van der Waals surface area contributed by atoms with Gasteiger partial charge in [0, 0.05) is 24.5 Å². The molecule has 29 heavy (non-hydrogen) atoms. The van der Waals surface area contributed by atoms with Gasteiger partial charge in [-0.05, 0) is 55.7 Å². The predicted molar refractivity (Wildman–Crippen MR) is 106 cm³/mol. The summed E-state index contributed by atoms with van der Waals surface area (Å²) in [5.74, 6) is 1.09. The summed E-state index contributed by atoms with van der Waals surface area (Å²) in [5, 5.41) is 2.93. The average molecular weight is 395 g/mol. The van der Waals surface area contributed by atoms with E-state index in [0.29, 0.717) is 43.0 Å². The van der Waals surface area contributed by atoms with Crippen LogP contribution in [0.2, 0.25) is 0 Å². The van der Waals surface area contributed by atoms with Crippen LogP contribution in [0.4, 0.5) is 0 Å². The van der Waals surface area contributed by atoms with Gasteiger partial charge < -0.3 is 23.6 Å². The highest BCUT2D eigenvalue weighted by Crippen LogP contribution is 2.20. The minimum Gasteiger partial charge on any atom is -0.459 e. The lowest BCUT2D eigenvalue weighted by Crippen LogP contribution is -2.31. The highest BCUT2D eigenvalue weighted by atomic mass is 16.4. The third-order valence-electron chi connectivity index (χ3n) is 4.91. The second-order valence-electron chi connectivity index (χ2n) is 7.35. The van der Waals surface area contributed by atoms with Crippen molar-refractivity contribution in [2.45, 2.75) is 45.3 Å². The molecule has 1 aliphatic carbocycles. The lowest BCUT2D eigenvalue weighted by molar-refractivity contribution is 0.0707. The van der Waals surface area contributed by atoms with Crippen molar-refractivity contribution in [3.8, 4) is 0 Å². The Morgan fingerprint density at radius 3 is 2.76 bits per heavy atom. The van der Waals surface area contributed by atoms with Crippen molar-refractivity contribution in [1.82, 2.24) is 14.8 Å². The van der Waals surface area contributed by atoms with Crippen LogP contribution < -0.4 is 5.32 Å². The standard InChI is InChI=1S/C22H25N3O4/c1-2-11-25(22(27)20-6-4-13-28-20)14-17-5-3-12-24(17)15-18-9-10-19(29-18)21(26)23-16-7-8-16/h3-6,9-10,12-13,16H,2,7-8,11,14-15H2,1H3,(H,23,26). The second-order valence-corrected chi connectivity index (χ2v) is 7.35. The second kappa shape index (κ2) is 8.43. The van der Waals surface area contributed by atoms with E-state index < -0.39 is 0 Å². The first-order valence-corrected chi connectivity index (χ1v) is 10.0. The van der Waals surface area contributed by atoms with E-state index in [2.05, 4.69) is 5.32 Å². The van der Waals surface area contributed by atoms with Gasteiger partial charge in [-0.2, -0.15) is 0 Å². The zero-order chi connectivity index (χ0) is 20.2. The van der Waals surface area contributed by atoms with E-state index >= 15 is 0 Å². The Balaban J connectivity index is 1.44. The number of hydrogen-bond acceptors (Lipinski definition) is 4. The summed E-state index contributed by atoms with van der Waals surface area (Å²) in [6.45, 7) is 3.64. The van der Waals surface area contributed by atoms with Crippen molar-refractivity contribution in [3.63, 3.8) is 0 Å². The molecule has 152 valence electrons. The number of rotatable bonds is 9. The average Bonchev–Trinajstić information content (AvgIpc) is 3.13. The number of carbonyl (C=O) groups excluding carboxylic acids is 2. The minimum absolute atomic E-state index is 0.123. The van der Waals surface area contributed by atoms with E-state index in [0.717, 1.165) is 25.0 Å². The van der Waals surface area contributed by atoms with Gasteiger partial charge in [-0.25, -0.2) is 0 Å². The minimum atomic E-state index is -0.162. The summed E-state index contributed by atoms with van der Waals surface area (Å²) in [5.41, 5.74) is 0.985. The van der Waals surface area contributed by atoms with Crippen molar-refractivity contribution in [3.05, 3.63) is 71.8 Å². The summed E-state index contributed by atoms with van der Waals surface area (Å²) in [6, 6.07) is 11.2. The Kier molecular flexibility index (Phi) is 5.55. The fourth-order valence-corrected chi connectivity index (χ4v) is 3.26. The zero-order valence-electron chi connectivity index (χ0n) is 16.5. The molecule has 1 N–H and O–H groups in total. The van der Waals surface area contributed by atoms with Crippen molar-refractivity contribution >= 4 is 11.8 Å². The largest absolute Gasteiger partial charge is 0.459 e. The van der Waals surface area contributed by atoms with Gasteiger partial charge in [0.05, 0.1) is 19.4 Å². The van der Waals surface area contributed by atoms with Crippen LogP contribution in [0.25, 0.3) is 0 Å². The first-order valence-electron chi connectivity index (χ1n) is 10.0. The zero-order valence-corrected chi connectivity index (χ0v) is 16.5. The van der Waals surface area contributed by atoms with Crippen LogP contribution in [0.5, 0.6) is 0 Å².